The lowest BCUT2D eigenvalue weighted by atomic mass is 10.2. The Morgan fingerprint density at radius 2 is 2.00 bits per heavy atom. The van der Waals surface area contributed by atoms with Gasteiger partial charge in [-0.15, -0.1) is 0 Å². The van der Waals surface area contributed by atoms with Gasteiger partial charge >= 0.3 is 0 Å². The predicted octanol–water partition coefficient (Wildman–Crippen LogP) is 4.90. The molecule has 1 N–H and O–H groups in total. The zero-order valence-electron chi connectivity index (χ0n) is 10.4. The number of nitrogens with one attached hydrogen (secondary N) is 1. The van der Waals surface area contributed by atoms with Crippen LogP contribution in [0.1, 0.15) is 0 Å². The summed E-state index contributed by atoms with van der Waals surface area (Å²) in [6, 6.07) is 8.73. The van der Waals surface area contributed by atoms with Gasteiger partial charge in [-0.3, -0.25) is 0 Å². The van der Waals surface area contributed by atoms with Crippen LogP contribution in [0.25, 0.3) is 22.4 Å². The molecule has 0 saturated heterocycles. The van der Waals surface area contributed by atoms with Gasteiger partial charge in [0.05, 0.1) is 28.2 Å². The molecule has 3 aromatic rings. The Morgan fingerprint density at radius 1 is 1.20 bits per heavy atom. The Kier molecular flexibility index (Phi) is 3.52. The molecule has 20 heavy (non-hydrogen) atoms. The summed E-state index contributed by atoms with van der Waals surface area (Å²) in [5.74, 6) is 1.01. The average molecular weight is 400 g/mol. The van der Waals surface area contributed by atoms with Gasteiger partial charge in [0, 0.05) is 10.5 Å². The summed E-state index contributed by atoms with van der Waals surface area (Å²) in [5.41, 5.74) is 2.16. The fourth-order valence-electron chi connectivity index (χ4n) is 1.99. The second-order valence-corrected chi connectivity index (χ2v) is 5.98. The second-order valence-electron chi connectivity index (χ2n) is 4.21. The number of aromatic amines is 1. The molecule has 6 heteroatoms. The molecule has 102 valence electrons. The van der Waals surface area contributed by atoms with E-state index in [1.54, 1.807) is 13.2 Å². The van der Waals surface area contributed by atoms with Gasteiger partial charge < -0.3 is 9.72 Å². The van der Waals surface area contributed by atoms with Crippen molar-refractivity contribution in [3.8, 4) is 17.1 Å². The zero-order valence-corrected chi connectivity index (χ0v) is 13.5. The van der Waals surface area contributed by atoms with Crippen molar-refractivity contribution in [2.24, 2.45) is 0 Å². The van der Waals surface area contributed by atoms with Crippen LogP contribution in [0.15, 0.2) is 39.3 Å². The number of rotatable bonds is 2. The Hall–Kier alpha value is -1.40. The summed E-state index contributed by atoms with van der Waals surface area (Å²) in [6.07, 6.45) is 0. The summed E-state index contributed by atoms with van der Waals surface area (Å²) in [4.78, 5) is 7.58. The van der Waals surface area contributed by atoms with Crippen molar-refractivity contribution in [1.82, 2.24) is 9.97 Å². The van der Waals surface area contributed by atoms with Crippen LogP contribution in [0.2, 0.25) is 0 Å². The molecule has 1 heterocycles. The molecule has 0 unspecified atom stereocenters. The smallest absolute Gasteiger partial charge is 0.142 e. The van der Waals surface area contributed by atoms with Crippen LogP contribution in [0.3, 0.4) is 0 Å². The Bertz CT molecular complexity index is 762. The van der Waals surface area contributed by atoms with E-state index in [9.17, 15) is 4.39 Å². The minimum Gasteiger partial charge on any atom is -0.496 e. The molecule has 0 bridgehead atoms. The summed E-state index contributed by atoms with van der Waals surface area (Å²) < 4.78 is 20.2. The first kappa shape index (κ1) is 13.6. The van der Waals surface area contributed by atoms with E-state index in [1.165, 1.54) is 6.07 Å². The number of methoxy groups -OCH3 is 1. The van der Waals surface area contributed by atoms with Gasteiger partial charge in [0.25, 0.3) is 0 Å². The predicted molar refractivity (Wildman–Crippen MR) is 83.4 cm³/mol. The highest BCUT2D eigenvalue weighted by Crippen LogP contribution is 2.32. The van der Waals surface area contributed by atoms with Gasteiger partial charge in [0.1, 0.15) is 17.4 Å². The fraction of sp³-hybridized carbons (Fsp3) is 0.0714. The molecule has 2 aromatic carbocycles. The normalized spacial score (nSPS) is 11.0. The quantitative estimate of drug-likeness (QED) is 0.665. The van der Waals surface area contributed by atoms with Crippen molar-refractivity contribution < 1.29 is 9.13 Å². The SMILES string of the molecule is COc1cc(Br)ccc1-c1nc2cc(Br)c(F)cc2[nH]1. The molecule has 0 atom stereocenters. The fourth-order valence-corrected chi connectivity index (χ4v) is 2.66. The van der Waals surface area contributed by atoms with E-state index < -0.39 is 0 Å². The maximum absolute atomic E-state index is 13.5. The molecule has 0 aliphatic rings. The third-order valence-corrected chi connectivity index (χ3v) is 4.04. The topological polar surface area (TPSA) is 37.9 Å². The van der Waals surface area contributed by atoms with Crippen LogP contribution >= 0.6 is 31.9 Å². The maximum Gasteiger partial charge on any atom is 0.142 e. The van der Waals surface area contributed by atoms with Crippen molar-refractivity contribution in [2.45, 2.75) is 0 Å². The van der Waals surface area contributed by atoms with Crippen LogP contribution in [0.4, 0.5) is 4.39 Å². The van der Waals surface area contributed by atoms with Crippen LogP contribution in [-0.2, 0) is 0 Å². The van der Waals surface area contributed by atoms with E-state index in [1.807, 2.05) is 18.2 Å². The van der Waals surface area contributed by atoms with Crippen molar-refractivity contribution in [2.75, 3.05) is 7.11 Å². The van der Waals surface area contributed by atoms with E-state index in [2.05, 4.69) is 41.8 Å². The lowest BCUT2D eigenvalue weighted by Gasteiger charge is -2.06. The molecular formula is C14H9Br2FN2O. The summed E-state index contributed by atoms with van der Waals surface area (Å²) in [5, 5.41) is 0. The molecule has 0 aliphatic carbocycles. The maximum atomic E-state index is 13.5. The second kappa shape index (κ2) is 5.18. The van der Waals surface area contributed by atoms with Gasteiger partial charge in [0.15, 0.2) is 0 Å². The van der Waals surface area contributed by atoms with E-state index in [4.69, 9.17) is 4.74 Å². The van der Waals surface area contributed by atoms with E-state index in [0.29, 0.717) is 27.1 Å². The molecule has 3 rings (SSSR count). The molecule has 3 nitrogen and oxygen atoms in total. The lowest BCUT2D eigenvalue weighted by Crippen LogP contribution is -1.89. The molecular weight excluding hydrogens is 391 g/mol. The van der Waals surface area contributed by atoms with E-state index in [0.717, 1.165) is 10.0 Å². The van der Waals surface area contributed by atoms with E-state index in [-0.39, 0.29) is 5.82 Å². The van der Waals surface area contributed by atoms with Gasteiger partial charge in [0.2, 0.25) is 0 Å². The van der Waals surface area contributed by atoms with Gasteiger partial charge in [-0.1, -0.05) is 15.9 Å². The first-order valence-corrected chi connectivity index (χ1v) is 7.36. The zero-order chi connectivity index (χ0) is 14.3. The number of halogens is 3. The third-order valence-electron chi connectivity index (χ3n) is 2.94. The number of hydrogen-bond acceptors (Lipinski definition) is 2. The summed E-state index contributed by atoms with van der Waals surface area (Å²) in [7, 11) is 1.60. The number of hydrogen-bond donors (Lipinski definition) is 1. The Balaban J connectivity index is 2.20. The molecule has 0 fully saturated rings. The van der Waals surface area contributed by atoms with Gasteiger partial charge in [-0.25, -0.2) is 9.37 Å². The molecule has 0 radical (unpaired) electrons. The first-order chi connectivity index (χ1) is 9.58. The molecule has 1 aromatic heterocycles. The molecule has 0 amide bonds. The Labute approximate surface area is 131 Å². The summed E-state index contributed by atoms with van der Waals surface area (Å²) in [6.45, 7) is 0. The molecule has 0 saturated carbocycles. The van der Waals surface area contributed by atoms with Crippen LogP contribution in [0.5, 0.6) is 5.75 Å². The highest BCUT2D eigenvalue weighted by Gasteiger charge is 2.12. The molecule has 0 spiro atoms. The van der Waals surface area contributed by atoms with Crippen molar-refractivity contribution in [3.63, 3.8) is 0 Å². The van der Waals surface area contributed by atoms with Crippen molar-refractivity contribution >= 4 is 42.9 Å². The third kappa shape index (κ3) is 2.33. The van der Waals surface area contributed by atoms with Crippen LogP contribution < -0.4 is 4.74 Å². The number of nitrogens with zero attached hydrogens (tertiary/aromatic N) is 1. The number of aromatic nitrogens is 2. The minimum absolute atomic E-state index is 0.324. The first-order valence-electron chi connectivity index (χ1n) is 5.77. The summed E-state index contributed by atoms with van der Waals surface area (Å²) >= 11 is 6.56. The van der Waals surface area contributed by atoms with Gasteiger partial charge in [-0.2, -0.15) is 0 Å². The highest BCUT2D eigenvalue weighted by molar-refractivity contribution is 9.10. The highest BCUT2D eigenvalue weighted by atomic mass is 79.9. The molecule has 0 aliphatic heterocycles. The standard InChI is InChI=1S/C14H9Br2FN2O/c1-20-13-4-7(15)2-3-8(13)14-18-11-5-9(16)10(17)6-12(11)19-14/h2-6H,1H3,(H,18,19). The number of benzene rings is 2. The van der Waals surface area contributed by atoms with Crippen LogP contribution in [0, 0.1) is 5.82 Å². The number of fused-ring (bicyclic) bond motifs is 1. The number of imidazole rings is 1. The monoisotopic (exact) mass is 398 g/mol. The van der Waals surface area contributed by atoms with Crippen molar-refractivity contribution in [1.29, 1.82) is 0 Å². The average Bonchev–Trinajstić information content (AvgIpc) is 2.81. The Morgan fingerprint density at radius 3 is 2.75 bits per heavy atom. The van der Waals surface area contributed by atoms with Crippen molar-refractivity contribution in [3.05, 3.63) is 45.1 Å². The van der Waals surface area contributed by atoms with E-state index >= 15 is 0 Å². The number of H-pyrrole nitrogens is 1. The lowest BCUT2D eigenvalue weighted by molar-refractivity contribution is 0.416. The largest absolute Gasteiger partial charge is 0.496 e. The minimum atomic E-state index is -0.324. The van der Waals surface area contributed by atoms with Gasteiger partial charge in [-0.05, 0) is 40.2 Å². The van der Waals surface area contributed by atoms with Crippen LogP contribution in [-0.4, -0.2) is 17.1 Å². The number of ether oxygens (including phenoxy) is 1.